The van der Waals surface area contributed by atoms with Crippen molar-refractivity contribution in [1.29, 1.82) is 5.26 Å². The number of rotatable bonds is 3. The van der Waals surface area contributed by atoms with E-state index in [4.69, 9.17) is 5.26 Å². The molecule has 0 spiro atoms. The van der Waals surface area contributed by atoms with Crippen molar-refractivity contribution in [3.63, 3.8) is 0 Å². The Hall–Kier alpha value is -1.85. The molecule has 22 heavy (non-hydrogen) atoms. The summed E-state index contributed by atoms with van der Waals surface area (Å²) in [5, 5.41) is 13.5. The van der Waals surface area contributed by atoms with Crippen molar-refractivity contribution in [2.45, 2.75) is 6.42 Å². The fraction of sp³-hybridized carbons (Fsp3) is 0.643. The summed E-state index contributed by atoms with van der Waals surface area (Å²) in [5.74, 6) is -0.146. The highest BCUT2D eigenvalue weighted by atomic mass is 32.1. The number of amides is 1. The lowest BCUT2D eigenvalue weighted by Gasteiger charge is -2.32. The topological polar surface area (TPSA) is 75.5 Å². The van der Waals surface area contributed by atoms with Crippen molar-refractivity contribution in [2.24, 2.45) is 5.92 Å². The number of hydrogen-bond donors (Lipinski definition) is 1. The third-order valence-corrected chi connectivity index (χ3v) is 5.21. The summed E-state index contributed by atoms with van der Waals surface area (Å²) in [6.45, 7) is 5.26. The monoisotopic (exact) mass is 320 g/mol. The molecule has 1 atom stereocenters. The molecule has 2 aliphatic rings. The van der Waals surface area contributed by atoms with E-state index in [9.17, 15) is 4.79 Å². The van der Waals surface area contributed by atoms with Gasteiger partial charge in [-0.1, -0.05) is 11.3 Å². The molecule has 3 heterocycles. The maximum Gasteiger partial charge on any atom is 0.231 e. The Morgan fingerprint density at radius 1 is 1.41 bits per heavy atom. The van der Waals surface area contributed by atoms with Crippen LogP contribution in [0.5, 0.6) is 0 Å². The molecular weight excluding hydrogens is 300 g/mol. The zero-order chi connectivity index (χ0) is 15.5. The summed E-state index contributed by atoms with van der Waals surface area (Å²) in [7, 11) is 2.13. The van der Waals surface area contributed by atoms with E-state index < -0.39 is 0 Å². The van der Waals surface area contributed by atoms with Crippen LogP contribution in [0.3, 0.4) is 0 Å². The Morgan fingerprint density at radius 2 is 2.18 bits per heavy atom. The van der Waals surface area contributed by atoms with Crippen molar-refractivity contribution in [3.8, 4) is 6.19 Å². The molecule has 0 aromatic carbocycles. The summed E-state index contributed by atoms with van der Waals surface area (Å²) in [6.07, 6.45) is 4.66. The molecule has 0 radical (unpaired) electrons. The number of aromatic nitrogens is 1. The van der Waals surface area contributed by atoms with Crippen LogP contribution in [0.2, 0.25) is 0 Å². The summed E-state index contributed by atoms with van der Waals surface area (Å²) in [4.78, 5) is 22.8. The number of piperazine rings is 1. The molecule has 0 saturated carbocycles. The van der Waals surface area contributed by atoms with E-state index in [1.807, 2.05) is 6.20 Å². The third kappa shape index (κ3) is 3.31. The van der Waals surface area contributed by atoms with Crippen LogP contribution >= 0.6 is 11.3 Å². The average Bonchev–Trinajstić information content (AvgIpc) is 3.17. The third-order valence-electron chi connectivity index (χ3n) is 4.24. The molecule has 3 rings (SSSR count). The average molecular weight is 320 g/mol. The van der Waals surface area contributed by atoms with Gasteiger partial charge in [0.1, 0.15) is 5.00 Å². The smallest absolute Gasteiger partial charge is 0.231 e. The first-order chi connectivity index (χ1) is 10.7. The van der Waals surface area contributed by atoms with E-state index in [1.165, 1.54) is 11.3 Å². The van der Waals surface area contributed by atoms with Crippen LogP contribution in [0.25, 0.3) is 0 Å². The number of likely N-dealkylation sites (N-methyl/N-ethyl adjacent to an activating group) is 1. The highest BCUT2D eigenvalue weighted by Crippen LogP contribution is 2.28. The zero-order valence-corrected chi connectivity index (χ0v) is 13.5. The summed E-state index contributed by atoms with van der Waals surface area (Å²) < 4.78 is 0. The van der Waals surface area contributed by atoms with Crippen LogP contribution in [-0.4, -0.2) is 67.0 Å². The molecule has 1 amide bonds. The number of nitrogens with zero attached hydrogens (tertiary/aromatic N) is 5. The second-order valence-corrected chi connectivity index (χ2v) is 6.82. The summed E-state index contributed by atoms with van der Waals surface area (Å²) in [5.41, 5.74) is 0. The van der Waals surface area contributed by atoms with Gasteiger partial charge in [0.25, 0.3) is 0 Å². The second kappa shape index (κ2) is 6.50. The fourth-order valence-electron chi connectivity index (χ4n) is 2.77. The Bertz CT molecular complexity index is 574. The number of thiazole rings is 1. The number of hydrogen-bond acceptors (Lipinski definition) is 7. The molecule has 2 aliphatic heterocycles. The fourth-order valence-corrected chi connectivity index (χ4v) is 3.64. The van der Waals surface area contributed by atoms with Crippen molar-refractivity contribution in [1.82, 2.24) is 14.8 Å². The number of carbonyl (C=O) groups excluding carboxylic acids is 1. The Kier molecular flexibility index (Phi) is 4.45. The van der Waals surface area contributed by atoms with Gasteiger partial charge in [0.15, 0.2) is 11.3 Å². The van der Waals surface area contributed by atoms with Crippen LogP contribution in [0.1, 0.15) is 6.42 Å². The Labute approximate surface area is 134 Å². The number of carbonyl (C=O) groups is 1. The Morgan fingerprint density at radius 3 is 2.86 bits per heavy atom. The van der Waals surface area contributed by atoms with Gasteiger partial charge in [-0.15, -0.1) is 0 Å². The molecule has 1 unspecified atom stereocenters. The molecule has 1 N–H and O–H groups in total. The SMILES string of the molecule is CN1CCN(c2cnc(NC(=O)C3CCN(C#N)C3)s2)CC1. The zero-order valence-electron chi connectivity index (χ0n) is 12.7. The molecule has 1 aromatic rings. The number of nitriles is 1. The van der Waals surface area contributed by atoms with E-state index in [0.29, 0.717) is 18.2 Å². The molecule has 118 valence electrons. The van der Waals surface area contributed by atoms with Gasteiger partial charge in [-0.25, -0.2) is 4.98 Å². The van der Waals surface area contributed by atoms with Gasteiger partial charge in [-0.05, 0) is 13.5 Å². The largest absolute Gasteiger partial charge is 0.360 e. The first-order valence-corrected chi connectivity index (χ1v) is 8.32. The summed E-state index contributed by atoms with van der Waals surface area (Å²) >= 11 is 1.52. The predicted octanol–water partition coefficient (Wildman–Crippen LogP) is 0.636. The van der Waals surface area contributed by atoms with Gasteiger partial charge in [0.05, 0.1) is 12.1 Å². The molecule has 7 nitrogen and oxygen atoms in total. The number of nitrogens with one attached hydrogen (secondary N) is 1. The van der Waals surface area contributed by atoms with Gasteiger partial charge in [-0.3, -0.25) is 4.79 Å². The van der Waals surface area contributed by atoms with Gasteiger partial charge >= 0.3 is 0 Å². The van der Waals surface area contributed by atoms with Gasteiger partial charge in [-0.2, -0.15) is 5.26 Å². The minimum absolute atomic E-state index is 0.0305. The van der Waals surface area contributed by atoms with Crippen LogP contribution in [0.15, 0.2) is 6.20 Å². The van der Waals surface area contributed by atoms with E-state index in [2.05, 4.69) is 33.3 Å². The predicted molar refractivity (Wildman–Crippen MR) is 85.7 cm³/mol. The standard InChI is InChI=1S/C14H20N6OS/c1-18-4-6-20(7-5-18)12-8-16-14(22-12)17-13(21)11-2-3-19(9-11)10-15/h8,11H,2-7,9H2,1H3,(H,16,17,21). The first-order valence-electron chi connectivity index (χ1n) is 7.50. The van der Waals surface area contributed by atoms with Crippen molar-refractivity contribution in [2.75, 3.05) is 56.5 Å². The lowest BCUT2D eigenvalue weighted by atomic mass is 10.1. The number of likely N-dealkylation sites (tertiary alicyclic amines) is 1. The van der Waals surface area contributed by atoms with Crippen molar-refractivity contribution in [3.05, 3.63) is 6.20 Å². The lowest BCUT2D eigenvalue weighted by Crippen LogP contribution is -2.44. The highest BCUT2D eigenvalue weighted by Gasteiger charge is 2.28. The van der Waals surface area contributed by atoms with Crippen LogP contribution < -0.4 is 10.2 Å². The van der Waals surface area contributed by atoms with E-state index in [1.54, 1.807) is 4.90 Å². The van der Waals surface area contributed by atoms with Gasteiger partial charge in [0, 0.05) is 39.3 Å². The maximum absolute atomic E-state index is 12.2. The van der Waals surface area contributed by atoms with E-state index >= 15 is 0 Å². The highest BCUT2D eigenvalue weighted by molar-refractivity contribution is 7.19. The van der Waals surface area contributed by atoms with Crippen LogP contribution in [0, 0.1) is 17.4 Å². The van der Waals surface area contributed by atoms with Crippen LogP contribution in [0.4, 0.5) is 10.1 Å². The molecular formula is C14H20N6OS. The maximum atomic E-state index is 12.2. The summed E-state index contributed by atoms with van der Waals surface area (Å²) in [6, 6.07) is 0. The second-order valence-electron chi connectivity index (χ2n) is 5.81. The molecule has 2 fully saturated rings. The molecule has 0 aliphatic carbocycles. The minimum atomic E-state index is -0.115. The van der Waals surface area contributed by atoms with Gasteiger partial charge in [0.2, 0.25) is 5.91 Å². The quantitative estimate of drug-likeness (QED) is 0.824. The van der Waals surface area contributed by atoms with Gasteiger partial charge < -0.3 is 20.0 Å². The molecule has 2 saturated heterocycles. The molecule has 8 heteroatoms. The molecule has 0 bridgehead atoms. The van der Waals surface area contributed by atoms with Crippen molar-refractivity contribution < 1.29 is 4.79 Å². The number of anilines is 2. The normalized spacial score (nSPS) is 22.6. The molecule has 1 aromatic heterocycles. The van der Waals surface area contributed by atoms with E-state index in [0.717, 1.165) is 37.6 Å². The minimum Gasteiger partial charge on any atom is -0.360 e. The first kappa shape index (κ1) is 15.1. The van der Waals surface area contributed by atoms with Crippen LogP contribution in [-0.2, 0) is 4.79 Å². The Balaban J connectivity index is 1.56. The lowest BCUT2D eigenvalue weighted by molar-refractivity contribution is -0.119. The van der Waals surface area contributed by atoms with Crippen molar-refractivity contribution >= 4 is 27.4 Å². The van der Waals surface area contributed by atoms with E-state index in [-0.39, 0.29) is 11.8 Å².